The zero-order valence-electron chi connectivity index (χ0n) is 11.2. The van der Waals surface area contributed by atoms with E-state index in [1.807, 2.05) is 12.1 Å². The smallest absolute Gasteiger partial charge is 0.123 e. The van der Waals surface area contributed by atoms with Crippen molar-refractivity contribution in [3.63, 3.8) is 0 Å². The number of hydrazine groups is 1. The van der Waals surface area contributed by atoms with Crippen LogP contribution in [0, 0.1) is 11.7 Å². The normalized spacial score (nSPS) is 12.9. The first-order chi connectivity index (χ1) is 8.69. The van der Waals surface area contributed by atoms with Gasteiger partial charge in [0.15, 0.2) is 0 Å². The van der Waals surface area contributed by atoms with Gasteiger partial charge in [-0.15, -0.1) is 11.8 Å². The Kier molecular flexibility index (Phi) is 7.32. The summed E-state index contributed by atoms with van der Waals surface area (Å²) in [6.07, 6.45) is 3.48. The quantitative estimate of drug-likeness (QED) is 0.431. The minimum Gasteiger partial charge on any atom is -0.271 e. The Hall–Kier alpha value is -0.580. The van der Waals surface area contributed by atoms with Gasteiger partial charge in [-0.3, -0.25) is 11.3 Å². The van der Waals surface area contributed by atoms with E-state index in [0.717, 1.165) is 23.0 Å². The van der Waals surface area contributed by atoms with Gasteiger partial charge in [0.2, 0.25) is 0 Å². The van der Waals surface area contributed by atoms with E-state index in [0.29, 0.717) is 6.04 Å². The van der Waals surface area contributed by atoms with Crippen LogP contribution in [0.5, 0.6) is 0 Å². The third-order valence-electron chi connectivity index (χ3n) is 3.27. The largest absolute Gasteiger partial charge is 0.271 e. The highest BCUT2D eigenvalue weighted by Gasteiger charge is 2.13. The second-order valence-electron chi connectivity index (χ2n) is 4.55. The van der Waals surface area contributed by atoms with Crippen molar-refractivity contribution in [3.8, 4) is 0 Å². The Labute approximate surface area is 113 Å². The molecule has 0 radical (unpaired) electrons. The molecule has 3 N–H and O–H groups in total. The Morgan fingerprint density at radius 3 is 2.33 bits per heavy atom. The average molecular weight is 270 g/mol. The zero-order chi connectivity index (χ0) is 13.4. The fraction of sp³-hybridized carbons (Fsp3) is 0.571. The molecule has 0 heterocycles. The van der Waals surface area contributed by atoms with E-state index in [-0.39, 0.29) is 5.82 Å². The van der Waals surface area contributed by atoms with E-state index in [4.69, 9.17) is 5.84 Å². The predicted octanol–water partition coefficient (Wildman–Crippen LogP) is 3.58. The number of halogens is 1. The van der Waals surface area contributed by atoms with Crippen molar-refractivity contribution >= 4 is 11.8 Å². The highest BCUT2D eigenvalue weighted by molar-refractivity contribution is 7.99. The minimum absolute atomic E-state index is 0.190. The van der Waals surface area contributed by atoms with Crippen LogP contribution in [0.15, 0.2) is 29.2 Å². The first-order valence-electron chi connectivity index (χ1n) is 6.54. The van der Waals surface area contributed by atoms with E-state index in [1.165, 1.54) is 25.0 Å². The van der Waals surface area contributed by atoms with Crippen molar-refractivity contribution in [3.05, 3.63) is 30.1 Å². The Balaban J connectivity index is 2.41. The molecular formula is C14H23FN2S. The van der Waals surface area contributed by atoms with Crippen molar-refractivity contribution in [2.45, 2.75) is 44.0 Å². The molecule has 0 aromatic heterocycles. The van der Waals surface area contributed by atoms with Gasteiger partial charge in [-0.1, -0.05) is 26.7 Å². The maximum absolute atomic E-state index is 12.8. The van der Waals surface area contributed by atoms with Crippen LogP contribution < -0.4 is 11.3 Å². The lowest BCUT2D eigenvalue weighted by Gasteiger charge is -2.20. The molecule has 2 nitrogen and oxygen atoms in total. The molecule has 4 heteroatoms. The summed E-state index contributed by atoms with van der Waals surface area (Å²) in [6.45, 7) is 4.43. The van der Waals surface area contributed by atoms with Gasteiger partial charge in [0, 0.05) is 16.7 Å². The molecule has 1 aromatic carbocycles. The minimum atomic E-state index is -0.190. The van der Waals surface area contributed by atoms with E-state index >= 15 is 0 Å². The fourth-order valence-corrected chi connectivity index (χ4v) is 2.89. The molecule has 1 unspecified atom stereocenters. The standard InChI is InChI=1S/C14H23FN2S/c1-3-11(4-2)9-13(17-16)10-18-14-7-5-12(15)6-8-14/h5-8,11,13,17H,3-4,9-10,16H2,1-2H3. The predicted molar refractivity (Wildman–Crippen MR) is 76.9 cm³/mol. The summed E-state index contributed by atoms with van der Waals surface area (Å²) in [5.41, 5.74) is 2.89. The molecule has 1 aromatic rings. The Morgan fingerprint density at radius 2 is 1.83 bits per heavy atom. The van der Waals surface area contributed by atoms with Crippen molar-refractivity contribution in [2.24, 2.45) is 11.8 Å². The van der Waals surface area contributed by atoms with Gasteiger partial charge in [0.05, 0.1) is 0 Å². The van der Waals surface area contributed by atoms with Crippen LogP contribution >= 0.6 is 11.8 Å². The lowest BCUT2D eigenvalue weighted by Crippen LogP contribution is -2.38. The number of benzene rings is 1. The SMILES string of the molecule is CCC(CC)CC(CSc1ccc(F)cc1)NN. The van der Waals surface area contributed by atoms with Gasteiger partial charge < -0.3 is 0 Å². The highest BCUT2D eigenvalue weighted by Crippen LogP contribution is 2.22. The molecule has 0 saturated heterocycles. The van der Waals surface area contributed by atoms with Gasteiger partial charge in [0.25, 0.3) is 0 Å². The molecule has 18 heavy (non-hydrogen) atoms. The van der Waals surface area contributed by atoms with Crippen molar-refractivity contribution in [2.75, 3.05) is 5.75 Å². The topological polar surface area (TPSA) is 38.0 Å². The van der Waals surface area contributed by atoms with Crippen LogP contribution in [0.1, 0.15) is 33.1 Å². The summed E-state index contributed by atoms with van der Waals surface area (Å²) in [7, 11) is 0. The summed E-state index contributed by atoms with van der Waals surface area (Å²) < 4.78 is 12.8. The van der Waals surface area contributed by atoms with E-state index in [9.17, 15) is 4.39 Å². The number of nitrogens with one attached hydrogen (secondary N) is 1. The maximum atomic E-state index is 12.8. The second kappa shape index (κ2) is 8.51. The molecular weight excluding hydrogens is 247 g/mol. The molecule has 0 bridgehead atoms. The van der Waals surface area contributed by atoms with Crippen LogP contribution in [0.2, 0.25) is 0 Å². The number of rotatable bonds is 8. The number of thioether (sulfide) groups is 1. The highest BCUT2D eigenvalue weighted by atomic mass is 32.2. The summed E-state index contributed by atoms with van der Waals surface area (Å²) in [5, 5.41) is 0. The van der Waals surface area contributed by atoms with Crippen LogP contribution in [0.3, 0.4) is 0 Å². The molecule has 0 amide bonds. The van der Waals surface area contributed by atoms with Crippen LogP contribution in [-0.4, -0.2) is 11.8 Å². The second-order valence-corrected chi connectivity index (χ2v) is 5.64. The number of hydrogen-bond acceptors (Lipinski definition) is 3. The molecule has 0 aliphatic heterocycles. The molecule has 0 spiro atoms. The van der Waals surface area contributed by atoms with Gasteiger partial charge in [0.1, 0.15) is 5.82 Å². The molecule has 1 rings (SSSR count). The monoisotopic (exact) mass is 270 g/mol. The first kappa shape index (κ1) is 15.5. The average Bonchev–Trinajstić information content (AvgIpc) is 2.41. The molecule has 0 aliphatic rings. The van der Waals surface area contributed by atoms with E-state index in [2.05, 4.69) is 19.3 Å². The number of hydrogen-bond donors (Lipinski definition) is 2. The van der Waals surface area contributed by atoms with Crippen molar-refractivity contribution in [1.29, 1.82) is 0 Å². The van der Waals surface area contributed by atoms with Crippen molar-refractivity contribution < 1.29 is 4.39 Å². The zero-order valence-corrected chi connectivity index (χ0v) is 12.0. The van der Waals surface area contributed by atoms with Crippen LogP contribution in [0.25, 0.3) is 0 Å². The lowest BCUT2D eigenvalue weighted by molar-refractivity contribution is 0.387. The van der Waals surface area contributed by atoms with E-state index in [1.54, 1.807) is 11.8 Å². The van der Waals surface area contributed by atoms with Gasteiger partial charge in [-0.2, -0.15) is 0 Å². The molecule has 0 saturated carbocycles. The first-order valence-corrected chi connectivity index (χ1v) is 7.52. The summed E-state index contributed by atoms with van der Waals surface area (Å²) in [4.78, 5) is 1.08. The maximum Gasteiger partial charge on any atom is 0.123 e. The third kappa shape index (κ3) is 5.38. The Bertz CT molecular complexity index is 325. The van der Waals surface area contributed by atoms with Crippen LogP contribution in [0.4, 0.5) is 4.39 Å². The van der Waals surface area contributed by atoms with Gasteiger partial charge in [-0.05, 0) is 36.6 Å². The van der Waals surface area contributed by atoms with Gasteiger partial charge >= 0.3 is 0 Å². The van der Waals surface area contributed by atoms with Crippen LogP contribution in [-0.2, 0) is 0 Å². The van der Waals surface area contributed by atoms with Crippen molar-refractivity contribution in [1.82, 2.24) is 5.43 Å². The lowest BCUT2D eigenvalue weighted by atomic mass is 9.96. The fourth-order valence-electron chi connectivity index (χ4n) is 1.94. The third-order valence-corrected chi connectivity index (χ3v) is 4.45. The molecule has 102 valence electrons. The number of nitrogens with two attached hydrogens (primary N) is 1. The molecule has 0 fully saturated rings. The van der Waals surface area contributed by atoms with E-state index < -0.39 is 0 Å². The molecule has 1 atom stereocenters. The molecule has 0 aliphatic carbocycles. The Morgan fingerprint density at radius 1 is 1.22 bits per heavy atom. The summed E-state index contributed by atoms with van der Waals surface area (Å²) in [5.74, 6) is 7.04. The summed E-state index contributed by atoms with van der Waals surface area (Å²) >= 11 is 1.72. The summed E-state index contributed by atoms with van der Waals surface area (Å²) in [6, 6.07) is 6.92. The van der Waals surface area contributed by atoms with Gasteiger partial charge in [-0.25, -0.2) is 4.39 Å².